The summed E-state index contributed by atoms with van der Waals surface area (Å²) < 4.78 is 47.5. The van der Waals surface area contributed by atoms with Crippen molar-refractivity contribution in [2.45, 2.75) is 25.1 Å². The number of ether oxygens (including phenoxy) is 2. The summed E-state index contributed by atoms with van der Waals surface area (Å²) in [4.78, 5) is 23.1. The molecule has 1 atom stereocenters. The lowest BCUT2D eigenvalue weighted by molar-refractivity contribution is -0.156. The molecule has 120 valence electrons. The van der Waals surface area contributed by atoms with Crippen molar-refractivity contribution in [2.75, 3.05) is 18.5 Å². The Hall–Kier alpha value is -2.09. The van der Waals surface area contributed by atoms with E-state index in [1.54, 1.807) is 0 Å². The highest BCUT2D eigenvalue weighted by Crippen LogP contribution is 2.30. The lowest BCUT2D eigenvalue weighted by Gasteiger charge is -2.11. The molecular formula is C14H14F3NO4. The number of nitrogens with one attached hydrogen (secondary N) is 1. The first kappa shape index (κ1) is 16.3. The van der Waals surface area contributed by atoms with Crippen LogP contribution in [0.2, 0.25) is 0 Å². The summed E-state index contributed by atoms with van der Waals surface area (Å²) in [5.74, 6) is -1.36. The van der Waals surface area contributed by atoms with Gasteiger partial charge in [-0.2, -0.15) is 13.2 Å². The second kappa shape index (κ2) is 6.78. The molecule has 0 spiro atoms. The van der Waals surface area contributed by atoms with Crippen LogP contribution < -0.4 is 5.32 Å². The lowest BCUT2D eigenvalue weighted by Crippen LogP contribution is -2.27. The van der Waals surface area contributed by atoms with Crippen molar-refractivity contribution < 1.29 is 32.2 Å². The van der Waals surface area contributed by atoms with E-state index < -0.39 is 36.3 Å². The standard InChI is InChI=1S/C14H14F3NO4/c15-14(16,17)9-3-1-4-10(7-9)18-12(19)8-22-13(20)11-5-2-6-21-11/h1,3-4,7,11H,2,5-6,8H2,(H,18,19)/t11-/m0/s1. The molecule has 0 bridgehead atoms. The van der Waals surface area contributed by atoms with E-state index in [9.17, 15) is 22.8 Å². The first-order chi connectivity index (χ1) is 10.4. The summed E-state index contributed by atoms with van der Waals surface area (Å²) in [6.45, 7) is -0.106. The average Bonchev–Trinajstić information content (AvgIpc) is 2.98. The Morgan fingerprint density at radius 3 is 2.77 bits per heavy atom. The molecule has 22 heavy (non-hydrogen) atoms. The number of hydrogen-bond acceptors (Lipinski definition) is 4. The number of anilines is 1. The zero-order valence-corrected chi connectivity index (χ0v) is 11.5. The van der Waals surface area contributed by atoms with Crippen molar-refractivity contribution in [3.63, 3.8) is 0 Å². The average molecular weight is 317 g/mol. The first-order valence-corrected chi connectivity index (χ1v) is 6.61. The van der Waals surface area contributed by atoms with E-state index >= 15 is 0 Å². The van der Waals surface area contributed by atoms with Gasteiger partial charge in [-0.3, -0.25) is 4.79 Å². The Bertz CT molecular complexity index is 553. The molecule has 0 radical (unpaired) electrons. The third-order valence-electron chi connectivity index (χ3n) is 3.01. The third kappa shape index (κ3) is 4.45. The number of esters is 1. The minimum absolute atomic E-state index is 0.0204. The fourth-order valence-electron chi connectivity index (χ4n) is 1.96. The van der Waals surface area contributed by atoms with E-state index in [2.05, 4.69) is 5.32 Å². The molecule has 1 N–H and O–H groups in total. The minimum Gasteiger partial charge on any atom is -0.454 e. The molecule has 0 unspecified atom stereocenters. The quantitative estimate of drug-likeness (QED) is 0.866. The molecule has 1 aromatic carbocycles. The monoisotopic (exact) mass is 317 g/mol. The predicted molar refractivity (Wildman–Crippen MR) is 70.0 cm³/mol. The molecular weight excluding hydrogens is 303 g/mol. The van der Waals surface area contributed by atoms with Gasteiger partial charge in [-0.15, -0.1) is 0 Å². The summed E-state index contributed by atoms with van der Waals surface area (Å²) in [7, 11) is 0. The van der Waals surface area contributed by atoms with Crippen LogP contribution in [0.5, 0.6) is 0 Å². The number of halogens is 3. The van der Waals surface area contributed by atoms with Gasteiger partial charge in [0, 0.05) is 12.3 Å². The molecule has 1 fully saturated rings. The van der Waals surface area contributed by atoms with Crippen LogP contribution >= 0.6 is 0 Å². The Morgan fingerprint density at radius 2 is 2.14 bits per heavy atom. The van der Waals surface area contributed by atoms with Crippen LogP contribution in [0.3, 0.4) is 0 Å². The summed E-state index contributed by atoms with van der Waals surface area (Å²) in [6, 6.07) is 4.19. The van der Waals surface area contributed by atoms with Crippen molar-refractivity contribution in [3.05, 3.63) is 29.8 Å². The topological polar surface area (TPSA) is 64.6 Å². The molecule has 1 aliphatic rings. The molecule has 1 aromatic rings. The number of carbonyl (C=O) groups excluding carboxylic acids is 2. The van der Waals surface area contributed by atoms with Gasteiger partial charge in [0.25, 0.3) is 5.91 Å². The van der Waals surface area contributed by atoms with Crippen molar-refractivity contribution in [1.29, 1.82) is 0 Å². The van der Waals surface area contributed by atoms with Gasteiger partial charge in [0.2, 0.25) is 0 Å². The maximum absolute atomic E-state index is 12.5. The molecule has 1 amide bonds. The highest BCUT2D eigenvalue weighted by atomic mass is 19.4. The van der Waals surface area contributed by atoms with E-state index in [4.69, 9.17) is 9.47 Å². The summed E-state index contributed by atoms with van der Waals surface area (Å²) in [5.41, 5.74) is -0.894. The van der Waals surface area contributed by atoms with Crippen LogP contribution in [-0.2, 0) is 25.2 Å². The van der Waals surface area contributed by atoms with E-state index in [0.29, 0.717) is 13.0 Å². The van der Waals surface area contributed by atoms with Crippen LogP contribution in [0.25, 0.3) is 0 Å². The lowest BCUT2D eigenvalue weighted by atomic mass is 10.2. The van der Waals surface area contributed by atoms with Crippen molar-refractivity contribution in [1.82, 2.24) is 0 Å². The molecule has 8 heteroatoms. The first-order valence-electron chi connectivity index (χ1n) is 6.61. The van der Waals surface area contributed by atoms with Gasteiger partial charge < -0.3 is 14.8 Å². The molecule has 1 aliphatic heterocycles. The normalized spacial score (nSPS) is 18.0. The summed E-state index contributed by atoms with van der Waals surface area (Å²) in [6.07, 6.45) is -3.88. The van der Waals surface area contributed by atoms with E-state index in [0.717, 1.165) is 18.6 Å². The molecule has 0 aromatic heterocycles. The summed E-state index contributed by atoms with van der Waals surface area (Å²) in [5, 5.41) is 2.24. The number of alkyl halides is 3. The van der Waals surface area contributed by atoms with Gasteiger partial charge in [0.1, 0.15) is 0 Å². The highest BCUT2D eigenvalue weighted by molar-refractivity contribution is 5.93. The van der Waals surface area contributed by atoms with Crippen LogP contribution in [0.15, 0.2) is 24.3 Å². The molecule has 5 nitrogen and oxygen atoms in total. The zero-order valence-electron chi connectivity index (χ0n) is 11.5. The number of benzene rings is 1. The zero-order chi connectivity index (χ0) is 16.2. The largest absolute Gasteiger partial charge is 0.454 e. The van der Waals surface area contributed by atoms with E-state index in [1.807, 2.05) is 0 Å². The minimum atomic E-state index is -4.49. The number of carbonyl (C=O) groups is 2. The smallest absolute Gasteiger partial charge is 0.416 e. The van der Waals surface area contributed by atoms with Crippen LogP contribution in [0, 0.1) is 0 Å². The van der Waals surface area contributed by atoms with Gasteiger partial charge in [0.05, 0.1) is 5.56 Å². The fourth-order valence-corrected chi connectivity index (χ4v) is 1.96. The maximum Gasteiger partial charge on any atom is 0.416 e. The van der Waals surface area contributed by atoms with Gasteiger partial charge in [-0.05, 0) is 31.0 Å². The Balaban J connectivity index is 1.85. The molecule has 2 rings (SSSR count). The van der Waals surface area contributed by atoms with Gasteiger partial charge in [-0.25, -0.2) is 4.79 Å². The Kier molecular flexibility index (Phi) is 5.02. The maximum atomic E-state index is 12.5. The fraction of sp³-hybridized carbons (Fsp3) is 0.429. The summed E-state index contributed by atoms with van der Waals surface area (Å²) >= 11 is 0. The van der Waals surface area contributed by atoms with E-state index in [1.165, 1.54) is 12.1 Å². The van der Waals surface area contributed by atoms with Gasteiger partial charge in [0.15, 0.2) is 12.7 Å². The van der Waals surface area contributed by atoms with Crippen LogP contribution in [0.4, 0.5) is 18.9 Å². The molecule has 0 saturated carbocycles. The molecule has 1 saturated heterocycles. The number of rotatable bonds is 4. The van der Waals surface area contributed by atoms with Crippen LogP contribution in [-0.4, -0.2) is 31.2 Å². The van der Waals surface area contributed by atoms with Crippen molar-refractivity contribution in [3.8, 4) is 0 Å². The second-order valence-corrected chi connectivity index (χ2v) is 4.74. The van der Waals surface area contributed by atoms with Crippen molar-refractivity contribution >= 4 is 17.6 Å². The van der Waals surface area contributed by atoms with Gasteiger partial charge >= 0.3 is 12.1 Å². The van der Waals surface area contributed by atoms with Crippen molar-refractivity contribution in [2.24, 2.45) is 0 Å². The number of hydrogen-bond donors (Lipinski definition) is 1. The Labute approximate surface area is 124 Å². The third-order valence-corrected chi connectivity index (χ3v) is 3.01. The number of amides is 1. The SMILES string of the molecule is O=C(COC(=O)[C@@H]1CCCO1)Nc1cccc(C(F)(F)F)c1. The van der Waals surface area contributed by atoms with E-state index in [-0.39, 0.29) is 5.69 Å². The Morgan fingerprint density at radius 1 is 1.36 bits per heavy atom. The predicted octanol–water partition coefficient (Wildman–Crippen LogP) is 2.37. The van der Waals surface area contributed by atoms with Gasteiger partial charge in [-0.1, -0.05) is 6.07 Å². The highest BCUT2D eigenvalue weighted by Gasteiger charge is 2.30. The molecule has 1 heterocycles. The molecule has 0 aliphatic carbocycles. The van der Waals surface area contributed by atoms with Crippen LogP contribution in [0.1, 0.15) is 18.4 Å². The second-order valence-electron chi connectivity index (χ2n) is 4.74.